The van der Waals surface area contributed by atoms with Gasteiger partial charge in [-0.2, -0.15) is 0 Å². The van der Waals surface area contributed by atoms with E-state index >= 15 is 0 Å². The van der Waals surface area contributed by atoms with Gasteiger partial charge in [0.15, 0.2) is 11.5 Å². The average Bonchev–Trinajstić information content (AvgIpc) is 2.46. The molecule has 0 aliphatic carbocycles. The van der Waals surface area contributed by atoms with E-state index in [1.807, 2.05) is 0 Å². The van der Waals surface area contributed by atoms with Crippen LogP contribution in [-0.4, -0.2) is 41.0 Å². The van der Waals surface area contributed by atoms with E-state index in [2.05, 4.69) is 0 Å². The average molecular weight is 269 g/mol. The summed E-state index contributed by atoms with van der Waals surface area (Å²) in [6.07, 6.45) is 0. The number of esters is 1. The number of methoxy groups -OCH3 is 4. The smallest absolute Gasteiger partial charge is 0.314 e. The van der Waals surface area contributed by atoms with Crippen LogP contribution in [0.15, 0.2) is 12.1 Å². The molecule has 0 bridgehead atoms. The van der Waals surface area contributed by atoms with Crippen LogP contribution in [0.25, 0.3) is 0 Å². The third-order valence-electron chi connectivity index (χ3n) is 2.83. The van der Waals surface area contributed by atoms with Gasteiger partial charge >= 0.3 is 5.97 Å². The number of rotatable bonds is 6. The van der Waals surface area contributed by atoms with Crippen molar-refractivity contribution < 1.29 is 23.7 Å². The van der Waals surface area contributed by atoms with Crippen molar-refractivity contribution >= 4 is 5.97 Å². The minimum Gasteiger partial charge on any atom is -0.496 e. The molecule has 0 amide bonds. The molecule has 0 heterocycles. The first-order chi connectivity index (χ1) is 9.12. The van der Waals surface area contributed by atoms with Crippen LogP contribution >= 0.6 is 0 Å². The van der Waals surface area contributed by atoms with Gasteiger partial charge in [-0.25, -0.2) is 0 Å². The first-order valence-corrected chi connectivity index (χ1v) is 5.70. The lowest BCUT2D eigenvalue weighted by Gasteiger charge is -2.18. The highest BCUT2D eigenvalue weighted by atomic mass is 16.5. The molecule has 0 saturated heterocycles. The highest BCUT2D eigenvalue weighted by Crippen LogP contribution is 2.38. The predicted molar refractivity (Wildman–Crippen MR) is 69.9 cm³/mol. The molecule has 1 aromatic carbocycles. The Morgan fingerprint density at radius 3 is 2.00 bits per heavy atom. The van der Waals surface area contributed by atoms with E-state index in [4.69, 9.17) is 24.7 Å². The molecule has 1 unspecified atom stereocenters. The first-order valence-electron chi connectivity index (χ1n) is 5.70. The zero-order valence-corrected chi connectivity index (χ0v) is 11.6. The van der Waals surface area contributed by atoms with E-state index in [0.717, 1.165) is 0 Å². The van der Waals surface area contributed by atoms with Gasteiger partial charge in [0.2, 0.25) is 0 Å². The monoisotopic (exact) mass is 269 g/mol. The van der Waals surface area contributed by atoms with Crippen LogP contribution in [0.4, 0.5) is 0 Å². The van der Waals surface area contributed by atoms with Crippen molar-refractivity contribution in [3.63, 3.8) is 0 Å². The SMILES string of the molecule is COC(=O)C(CN)c1cc(OC)c(OC)cc1OC. The molecule has 0 spiro atoms. The molecule has 6 nitrogen and oxygen atoms in total. The molecule has 2 N–H and O–H groups in total. The molecule has 0 aliphatic heterocycles. The van der Waals surface area contributed by atoms with Crippen LogP contribution in [-0.2, 0) is 9.53 Å². The Bertz CT molecular complexity index is 447. The Labute approximate surface area is 112 Å². The fourth-order valence-corrected chi connectivity index (χ4v) is 1.82. The molecule has 0 aliphatic rings. The van der Waals surface area contributed by atoms with E-state index in [1.165, 1.54) is 28.4 Å². The topological polar surface area (TPSA) is 80.0 Å². The highest BCUT2D eigenvalue weighted by Gasteiger charge is 2.25. The minimum atomic E-state index is -0.611. The summed E-state index contributed by atoms with van der Waals surface area (Å²) in [5.41, 5.74) is 6.24. The summed E-state index contributed by atoms with van der Waals surface area (Å²) in [7, 11) is 5.87. The summed E-state index contributed by atoms with van der Waals surface area (Å²) in [5, 5.41) is 0. The third-order valence-corrected chi connectivity index (χ3v) is 2.83. The zero-order chi connectivity index (χ0) is 14.4. The maximum Gasteiger partial charge on any atom is 0.314 e. The number of carbonyl (C=O) groups excluding carboxylic acids is 1. The Morgan fingerprint density at radius 2 is 1.58 bits per heavy atom. The largest absolute Gasteiger partial charge is 0.496 e. The van der Waals surface area contributed by atoms with Gasteiger partial charge in [0, 0.05) is 18.2 Å². The lowest BCUT2D eigenvalue weighted by atomic mass is 9.97. The minimum absolute atomic E-state index is 0.110. The second kappa shape index (κ2) is 6.84. The maximum atomic E-state index is 11.7. The number of nitrogens with two attached hydrogens (primary N) is 1. The molecular weight excluding hydrogens is 250 g/mol. The highest BCUT2D eigenvalue weighted by molar-refractivity contribution is 5.80. The predicted octanol–water partition coefficient (Wildman–Crippen LogP) is 0.928. The number of carbonyl (C=O) groups is 1. The van der Waals surface area contributed by atoms with Crippen molar-refractivity contribution in [2.75, 3.05) is 35.0 Å². The van der Waals surface area contributed by atoms with E-state index in [-0.39, 0.29) is 6.54 Å². The summed E-state index contributed by atoms with van der Waals surface area (Å²) in [5.74, 6) is 0.482. The van der Waals surface area contributed by atoms with Gasteiger partial charge < -0.3 is 24.7 Å². The molecule has 0 aromatic heterocycles. The Kier molecular flexibility index (Phi) is 5.44. The van der Waals surface area contributed by atoms with Gasteiger partial charge in [-0.1, -0.05) is 0 Å². The number of hydrogen-bond donors (Lipinski definition) is 1. The van der Waals surface area contributed by atoms with Crippen LogP contribution in [0.1, 0.15) is 11.5 Å². The normalized spacial score (nSPS) is 11.6. The molecule has 1 rings (SSSR count). The second-order valence-corrected chi connectivity index (χ2v) is 3.76. The number of ether oxygens (including phenoxy) is 4. The van der Waals surface area contributed by atoms with Crippen molar-refractivity contribution in [3.05, 3.63) is 17.7 Å². The standard InChI is InChI=1S/C13H19NO5/c1-16-10-6-12(18-3)11(17-2)5-8(10)9(7-14)13(15)19-4/h5-6,9H,7,14H2,1-4H3. The van der Waals surface area contributed by atoms with Crippen LogP contribution < -0.4 is 19.9 Å². The van der Waals surface area contributed by atoms with Crippen LogP contribution in [0.5, 0.6) is 17.2 Å². The lowest BCUT2D eigenvalue weighted by Crippen LogP contribution is -2.23. The van der Waals surface area contributed by atoms with Crippen LogP contribution in [0.3, 0.4) is 0 Å². The summed E-state index contributed by atoms with van der Waals surface area (Å²) < 4.78 is 20.4. The van der Waals surface area contributed by atoms with Crippen molar-refractivity contribution in [2.24, 2.45) is 5.73 Å². The molecule has 19 heavy (non-hydrogen) atoms. The van der Waals surface area contributed by atoms with Gasteiger partial charge in [0.25, 0.3) is 0 Å². The van der Waals surface area contributed by atoms with Gasteiger partial charge in [-0.15, -0.1) is 0 Å². The van der Waals surface area contributed by atoms with Crippen molar-refractivity contribution in [3.8, 4) is 17.2 Å². The van der Waals surface area contributed by atoms with Crippen LogP contribution in [0, 0.1) is 0 Å². The molecule has 0 fully saturated rings. The lowest BCUT2D eigenvalue weighted by molar-refractivity contribution is -0.142. The molecule has 106 valence electrons. The van der Waals surface area contributed by atoms with Gasteiger partial charge in [-0.3, -0.25) is 4.79 Å². The first kappa shape index (κ1) is 15.1. The fraction of sp³-hybridized carbons (Fsp3) is 0.462. The van der Waals surface area contributed by atoms with Crippen molar-refractivity contribution in [2.45, 2.75) is 5.92 Å². The third kappa shape index (κ3) is 3.08. The van der Waals surface area contributed by atoms with E-state index < -0.39 is 11.9 Å². The Morgan fingerprint density at radius 1 is 1.05 bits per heavy atom. The van der Waals surface area contributed by atoms with E-state index in [1.54, 1.807) is 12.1 Å². The van der Waals surface area contributed by atoms with Gasteiger partial charge in [-0.05, 0) is 6.07 Å². The Balaban J connectivity index is 3.35. The van der Waals surface area contributed by atoms with E-state index in [0.29, 0.717) is 22.8 Å². The molecule has 6 heteroatoms. The molecule has 0 saturated carbocycles. The van der Waals surface area contributed by atoms with Crippen molar-refractivity contribution in [1.29, 1.82) is 0 Å². The molecule has 1 aromatic rings. The fourth-order valence-electron chi connectivity index (χ4n) is 1.82. The van der Waals surface area contributed by atoms with Gasteiger partial charge in [0.05, 0.1) is 34.4 Å². The Hall–Kier alpha value is -1.95. The van der Waals surface area contributed by atoms with Crippen LogP contribution in [0.2, 0.25) is 0 Å². The summed E-state index contributed by atoms with van der Waals surface area (Å²) in [4.78, 5) is 11.7. The summed E-state index contributed by atoms with van der Waals surface area (Å²) >= 11 is 0. The summed E-state index contributed by atoms with van der Waals surface area (Å²) in [6, 6.07) is 3.33. The molecule has 0 radical (unpaired) electrons. The number of benzene rings is 1. The van der Waals surface area contributed by atoms with E-state index in [9.17, 15) is 4.79 Å². The quantitative estimate of drug-likeness (QED) is 0.774. The second-order valence-electron chi connectivity index (χ2n) is 3.76. The van der Waals surface area contributed by atoms with Gasteiger partial charge in [0.1, 0.15) is 5.75 Å². The zero-order valence-electron chi connectivity index (χ0n) is 11.6. The molecule has 1 atom stereocenters. The maximum absolute atomic E-state index is 11.7. The molecular formula is C13H19NO5. The number of hydrogen-bond acceptors (Lipinski definition) is 6. The van der Waals surface area contributed by atoms with Crippen molar-refractivity contribution in [1.82, 2.24) is 0 Å². The summed E-state index contributed by atoms with van der Waals surface area (Å²) in [6.45, 7) is 0.110.